The molecular formula is C17H17N3O. The summed E-state index contributed by atoms with van der Waals surface area (Å²) < 4.78 is 6.95. The molecule has 21 heavy (non-hydrogen) atoms. The molecule has 0 bridgehead atoms. The molecular weight excluding hydrogens is 262 g/mol. The van der Waals surface area contributed by atoms with Gasteiger partial charge in [0.05, 0.1) is 24.7 Å². The van der Waals surface area contributed by atoms with Crippen LogP contribution in [0.25, 0.3) is 16.9 Å². The van der Waals surface area contributed by atoms with Crippen LogP contribution in [0.2, 0.25) is 0 Å². The highest BCUT2D eigenvalue weighted by molar-refractivity contribution is 5.74. The van der Waals surface area contributed by atoms with Gasteiger partial charge in [-0.05, 0) is 36.8 Å². The first-order valence-corrected chi connectivity index (χ1v) is 6.74. The van der Waals surface area contributed by atoms with Crippen LogP contribution in [0.5, 0.6) is 5.75 Å². The zero-order valence-corrected chi connectivity index (χ0v) is 12.1. The number of aromatic nitrogens is 2. The molecule has 0 spiro atoms. The summed E-state index contributed by atoms with van der Waals surface area (Å²) in [4.78, 5) is 0. The van der Waals surface area contributed by atoms with Crippen LogP contribution in [0.15, 0.2) is 54.7 Å². The van der Waals surface area contributed by atoms with Gasteiger partial charge in [0.25, 0.3) is 0 Å². The second kappa shape index (κ2) is 5.32. The van der Waals surface area contributed by atoms with Gasteiger partial charge in [-0.3, -0.25) is 0 Å². The van der Waals surface area contributed by atoms with E-state index in [0.29, 0.717) is 5.69 Å². The fraction of sp³-hybridized carbons (Fsp3) is 0.118. The van der Waals surface area contributed by atoms with Crippen molar-refractivity contribution in [2.75, 3.05) is 12.8 Å². The van der Waals surface area contributed by atoms with E-state index < -0.39 is 0 Å². The molecule has 0 amide bonds. The van der Waals surface area contributed by atoms with Crippen molar-refractivity contribution in [3.05, 3.63) is 60.3 Å². The first kappa shape index (κ1) is 13.2. The fourth-order valence-electron chi connectivity index (χ4n) is 2.30. The summed E-state index contributed by atoms with van der Waals surface area (Å²) in [6.45, 7) is 2.06. The zero-order chi connectivity index (χ0) is 14.8. The highest BCUT2D eigenvalue weighted by atomic mass is 16.5. The van der Waals surface area contributed by atoms with E-state index >= 15 is 0 Å². The second-order valence-corrected chi connectivity index (χ2v) is 4.89. The monoisotopic (exact) mass is 279 g/mol. The summed E-state index contributed by atoms with van der Waals surface area (Å²) in [7, 11) is 1.65. The van der Waals surface area contributed by atoms with Gasteiger partial charge < -0.3 is 10.5 Å². The van der Waals surface area contributed by atoms with Crippen molar-refractivity contribution in [1.82, 2.24) is 9.78 Å². The number of nitrogens with two attached hydrogens (primary N) is 1. The third-order valence-electron chi connectivity index (χ3n) is 3.48. The van der Waals surface area contributed by atoms with Crippen molar-refractivity contribution in [3.63, 3.8) is 0 Å². The van der Waals surface area contributed by atoms with Crippen molar-refractivity contribution in [2.24, 2.45) is 0 Å². The molecule has 2 N–H and O–H groups in total. The zero-order valence-electron chi connectivity index (χ0n) is 12.1. The Bertz CT molecular complexity index is 760. The average Bonchev–Trinajstić information content (AvgIpc) is 2.90. The van der Waals surface area contributed by atoms with Gasteiger partial charge >= 0.3 is 0 Å². The van der Waals surface area contributed by atoms with E-state index in [9.17, 15) is 0 Å². The van der Waals surface area contributed by atoms with E-state index in [1.807, 2.05) is 48.7 Å². The molecule has 1 heterocycles. The Morgan fingerprint density at radius 1 is 1.05 bits per heavy atom. The highest BCUT2D eigenvalue weighted by Crippen LogP contribution is 2.28. The third kappa shape index (κ3) is 2.48. The van der Waals surface area contributed by atoms with E-state index in [1.165, 1.54) is 0 Å². The van der Waals surface area contributed by atoms with Gasteiger partial charge in [-0.15, -0.1) is 0 Å². The van der Waals surface area contributed by atoms with Gasteiger partial charge in [-0.1, -0.05) is 24.3 Å². The molecule has 3 aromatic rings. The molecule has 0 aliphatic carbocycles. The Labute approximate surface area is 123 Å². The second-order valence-electron chi connectivity index (χ2n) is 4.89. The Kier molecular flexibility index (Phi) is 3.36. The van der Waals surface area contributed by atoms with Gasteiger partial charge in [-0.2, -0.15) is 5.10 Å². The number of hydrogen-bond donors (Lipinski definition) is 1. The Hall–Kier alpha value is -2.75. The van der Waals surface area contributed by atoms with Gasteiger partial charge in [0, 0.05) is 5.56 Å². The van der Waals surface area contributed by atoms with Crippen LogP contribution in [-0.4, -0.2) is 16.9 Å². The van der Waals surface area contributed by atoms with E-state index in [0.717, 1.165) is 28.3 Å². The lowest BCUT2D eigenvalue weighted by molar-refractivity contribution is 0.414. The van der Waals surface area contributed by atoms with Crippen molar-refractivity contribution in [3.8, 4) is 22.7 Å². The first-order valence-electron chi connectivity index (χ1n) is 6.74. The lowest BCUT2D eigenvalue weighted by Crippen LogP contribution is -1.95. The van der Waals surface area contributed by atoms with Crippen LogP contribution in [0.4, 0.5) is 5.69 Å². The summed E-state index contributed by atoms with van der Waals surface area (Å²) in [5.41, 5.74) is 10.8. The maximum Gasteiger partial charge on any atom is 0.119 e. The number of nitrogen functional groups attached to an aromatic ring is 1. The van der Waals surface area contributed by atoms with Crippen LogP contribution in [-0.2, 0) is 0 Å². The molecule has 0 unspecified atom stereocenters. The number of anilines is 1. The quantitative estimate of drug-likeness (QED) is 0.799. The molecule has 2 aromatic carbocycles. The van der Waals surface area contributed by atoms with Crippen molar-refractivity contribution < 1.29 is 4.74 Å². The number of rotatable bonds is 3. The van der Waals surface area contributed by atoms with Gasteiger partial charge in [-0.25, -0.2) is 4.68 Å². The minimum atomic E-state index is 0.667. The smallest absolute Gasteiger partial charge is 0.119 e. The molecule has 3 rings (SSSR count). The van der Waals surface area contributed by atoms with Crippen LogP contribution >= 0.6 is 0 Å². The molecule has 0 atom stereocenters. The molecule has 4 heteroatoms. The maximum atomic E-state index is 6.13. The van der Waals surface area contributed by atoms with Crippen LogP contribution in [0.3, 0.4) is 0 Å². The molecule has 0 saturated heterocycles. The Balaban J connectivity index is 2.03. The SMILES string of the molecule is COc1ccc(-n2cc(N)c(-c3ccccc3C)n2)cc1. The van der Waals surface area contributed by atoms with E-state index in [2.05, 4.69) is 18.1 Å². The Morgan fingerprint density at radius 3 is 2.43 bits per heavy atom. The largest absolute Gasteiger partial charge is 0.497 e. The summed E-state index contributed by atoms with van der Waals surface area (Å²) >= 11 is 0. The summed E-state index contributed by atoms with van der Waals surface area (Å²) in [5.74, 6) is 0.818. The van der Waals surface area contributed by atoms with E-state index in [1.54, 1.807) is 11.8 Å². The average molecular weight is 279 g/mol. The molecule has 1 aromatic heterocycles. The molecule has 0 radical (unpaired) electrons. The lowest BCUT2D eigenvalue weighted by Gasteiger charge is -2.04. The molecule has 0 saturated carbocycles. The molecule has 0 aliphatic rings. The maximum absolute atomic E-state index is 6.13. The van der Waals surface area contributed by atoms with E-state index in [-0.39, 0.29) is 0 Å². The van der Waals surface area contributed by atoms with Gasteiger partial charge in [0.2, 0.25) is 0 Å². The summed E-state index contributed by atoms with van der Waals surface area (Å²) in [5, 5.41) is 4.62. The predicted octanol–water partition coefficient (Wildman–Crippen LogP) is 3.44. The number of hydrogen-bond acceptors (Lipinski definition) is 3. The fourth-order valence-corrected chi connectivity index (χ4v) is 2.30. The van der Waals surface area contributed by atoms with Gasteiger partial charge in [0.1, 0.15) is 11.4 Å². The number of nitrogens with zero attached hydrogens (tertiary/aromatic N) is 2. The minimum absolute atomic E-state index is 0.667. The molecule has 0 fully saturated rings. The topological polar surface area (TPSA) is 53.1 Å². The molecule has 0 aliphatic heterocycles. The predicted molar refractivity (Wildman–Crippen MR) is 84.7 cm³/mol. The van der Waals surface area contributed by atoms with E-state index in [4.69, 9.17) is 10.5 Å². The molecule has 4 nitrogen and oxygen atoms in total. The Morgan fingerprint density at radius 2 is 1.76 bits per heavy atom. The van der Waals surface area contributed by atoms with Crippen molar-refractivity contribution in [1.29, 1.82) is 0 Å². The van der Waals surface area contributed by atoms with Crippen molar-refractivity contribution in [2.45, 2.75) is 6.92 Å². The van der Waals surface area contributed by atoms with Crippen LogP contribution < -0.4 is 10.5 Å². The standard InChI is InChI=1S/C17H17N3O/c1-12-5-3-4-6-15(12)17-16(18)11-20(19-17)13-7-9-14(21-2)10-8-13/h3-11H,18H2,1-2H3. The summed E-state index contributed by atoms with van der Waals surface area (Å²) in [6, 6.07) is 15.8. The number of aryl methyl sites for hydroxylation is 1. The first-order chi connectivity index (χ1) is 10.2. The minimum Gasteiger partial charge on any atom is -0.497 e. The normalized spacial score (nSPS) is 10.6. The summed E-state index contributed by atoms with van der Waals surface area (Å²) in [6.07, 6.45) is 1.84. The number of benzene rings is 2. The van der Waals surface area contributed by atoms with Crippen molar-refractivity contribution >= 4 is 5.69 Å². The van der Waals surface area contributed by atoms with Crippen LogP contribution in [0, 0.1) is 6.92 Å². The van der Waals surface area contributed by atoms with Gasteiger partial charge in [0.15, 0.2) is 0 Å². The number of methoxy groups -OCH3 is 1. The number of ether oxygens (including phenoxy) is 1. The highest BCUT2D eigenvalue weighted by Gasteiger charge is 2.11. The van der Waals surface area contributed by atoms with Crippen LogP contribution in [0.1, 0.15) is 5.56 Å². The lowest BCUT2D eigenvalue weighted by atomic mass is 10.1. The molecule has 106 valence electrons. The third-order valence-corrected chi connectivity index (χ3v) is 3.48.